The summed E-state index contributed by atoms with van der Waals surface area (Å²) in [5, 5.41) is 7.68. The first kappa shape index (κ1) is 17.6. The summed E-state index contributed by atoms with van der Waals surface area (Å²) in [6.07, 6.45) is -1.95. The van der Waals surface area contributed by atoms with Crippen LogP contribution in [0.4, 0.5) is 13.2 Å². The van der Waals surface area contributed by atoms with E-state index in [-0.39, 0.29) is 11.7 Å². The van der Waals surface area contributed by atoms with Crippen LogP contribution in [0.15, 0.2) is 35.0 Å². The molecule has 2 aromatic heterocycles. The van der Waals surface area contributed by atoms with Gasteiger partial charge in [0.1, 0.15) is 5.82 Å². The van der Waals surface area contributed by atoms with Gasteiger partial charge in [-0.3, -0.25) is 4.79 Å². The molecule has 4 rings (SSSR count). The fourth-order valence-corrected chi connectivity index (χ4v) is 3.41. The molecule has 0 fully saturated rings. The van der Waals surface area contributed by atoms with Gasteiger partial charge < -0.3 is 14.4 Å². The number of imidazole rings is 1. The number of rotatable bonds is 4. The number of nitrogens with one attached hydrogen (secondary N) is 1. The number of aromatic nitrogens is 3. The van der Waals surface area contributed by atoms with E-state index >= 15 is 0 Å². The Morgan fingerprint density at radius 1 is 1.33 bits per heavy atom. The Morgan fingerprint density at radius 3 is 2.96 bits per heavy atom. The standard InChI is InChI=1S/C18H17F3N4O2/c19-18(20,21)15-10-25-9-3-5-12(16(25)23-15)17(26)22-8-7-13-11-4-1-2-6-14(11)27-24-13/h1-2,4,6,10,12H,3,5,7-9H2,(H,22,26). The third-order valence-electron chi connectivity index (χ3n) is 4.73. The largest absolute Gasteiger partial charge is 0.434 e. The van der Waals surface area contributed by atoms with Gasteiger partial charge in [0.05, 0.1) is 11.6 Å². The maximum atomic E-state index is 12.9. The maximum absolute atomic E-state index is 12.9. The first-order chi connectivity index (χ1) is 12.9. The number of aryl methyl sites for hydroxylation is 1. The van der Waals surface area contributed by atoms with E-state index in [1.165, 1.54) is 4.57 Å². The molecule has 1 aliphatic heterocycles. The second-order valence-corrected chi connectivity index (χ2v) is 6.54. The van der Waals surface area contributed by atoms with E-state index < -0.39 is 17.8 Å². The number of carbonyl (C=O) groups is 1. The fourth-order valence-electron chi connectivity index (χ4n) is 3.41. The molecule has 1 unspecified atom stereocenters. The molecule has 1 aromatic carbocycles. The molecule has 0 aliphatic carbocycles. The van der Waals surface area contributed by atoms with Gasteiger partial charge in [-0.2, -0.15) is 13.2 Å². The summed E-state index contributed by atoms with van der Waals surface area (Å²) in [5.41, 5.74) is 0.453. The van der Waals surface area contributed by atoms with Crippen molar-refractivity contribution in [1.29, 1.82) is 0 Å². The Balaban J connectivity index is 1.43. The summed E-state index contributed by atoms with van der Waals surface area (Å²) in [5.74, 6) is -0.815. The van der Waals surface area contributed by atoms with Gasteiger partial charge in [0, 0.05) is 31.1 Å². The number of amides is 1. The van der Waals surface area contributed by atoms with Gasteiger partial charge in [-0.25, -0.2) is 4.98 Å². The second kappa shape index (κ2) is 6.71. The average molecular weight is 378 g/mol. The molecule has 0 spiro atoms. The van der Waals surface area contributed by atoms with E-state index in [0.717, 1.165) is 17.3 Å². The van der Waals surface area contributed by atoms with Crippen molar-refractivity contribution in [2.75, 3.05) is 6.54 Å². The lowest BCUT2D eigenvalue weighted by atomic mass is 9.98. The third kappa shape index (κ3) is 3.41. The average Bonchev–Trinajstić information content (AvgIpc) is 3.25. The normalized spacial score (nSPS) is 17.1. The first-order valence-electron chi connectivity index (χ1n) is 8.69. The van der Waals surface area contributed by atoms with Crippen molar-refractivity contribution in [3.05, 3.63) is 47.7 Å². The van der Waals surface area contributed by atoms with Crippen LogP contribution >= 0.6 is 0 Å². The lowest BCUT2D eigenvalue weighted by Crippen LogP contribution is -2.34. The molecular weight excluding hydrogens is 361 g/mol. The topological polar surface area (TPSA) is 73.0 Å². The predicted octanol–water partition coefficient (Wildman–Crippen LogP) is 3.28. The Kier molecular flexibility index (Phi) is 4.37. The molecule has 1 amide bonds. The molecule has 3 aromatic rings. The number of carbonyl (C=O) groups excluding carboxylic acids is 1. The molecule has 0 saturated heterocycles. The van der Waals surface area contributed by atoms with Crippen LogP contribution in [0.5, 0.6) is 0 Å². The minimum atomic E-state index is -4.51. The van der Waals surface area contributed by atoms with Crippen molar-refractivity contribution in [3.8, 4) is 0 Å². The Labute approximate surface area is 152 Å². The van der Waals surface area contributed by atoms with E-state index in [4.69, 9.17) is 4.52 Å². The van der Waals surface area contributed by atoms with Crippen molar-refractivity contribution in [1.82, 2.24) is 20.0 Å². The number of fused-ring (bicyclic) bond motifs is 2. The number of nitrogens with zero attached hydrogens (tertiary/aromatic N) is 3. The van der Waals surface area contributed by atoms with Crippen LogP contribution in [-0.2, 0) is 23.9 Å². The van der Waals surface area contributed by atoms with Crippen LogP contribution in [0.2, 0.25) is 0 Å². The zero-order valence-electron chi connectivity index (χ0n) is 14.3. The summed E-state index contributed by atoms with van der Waals surface area (Å²) in [4.78, 5) is 16.2. The highest BCUT2D eigenvalue weighted by molar-refractivity contribution is 5.83. The van der Waals surface area contributed by atoms with Gasteiger partial charge in [0.25, 0.3) is 0 Å². The predicted molar refractivity (Wildman–Crippen MR) is 89.9 cm³/mol. The molecule has 0 saturated carbocycles. The van der Waals surface area contributed by atoms with Crippen LogP contribution in [0.3, 0.4) is 0 Å². The number of hydrogen-bond donors (Lipinski definition) is 1. The van der Waals surface area contributed by atoms with E-state index in [2.05, 4.69) is 15.5 Å². The van der Waals surface area contributed by atoms with Gasteiger partial charge >= 0.3 is 6.18 Å². The Hall–Kier alpha value is -2.84. The summed E-state index contributed by atoms with van der Waals surface area (Å²) in [6.45, 7) is 0.756. The van der Waals surface area contributed by atoms with E-state index in [9.17, 15) is 18.0 Å². The molecule has 142 valence electrons. The summed E-state index contributed by atoms with van der Waals surface area (Å²) in [6, 6.07) is 7.42. The van der Waals surface area contributed by atoms with Crippen molar-refractivity contribution in [3.63, 3.8) is 0 Å². The third-order valence-corrected chi connectivity index (χ3v) is 4.73. The molecule has 0 bridgehead atoms. The van der Waals surface area contributed by atoms with E-state index in [1.54, 1.807) is 0 Å². The second-order valence-electron chi connectivity index (χ2n) is 6.54. The monoisotopic (exact) mass is 378 g/mol. The van der Waals surface area contributed by atoms with Crippen molar-refractivity contribution in [2.45, 2.75) is 37.9 Å². The molecule has 1 atom stereocenters. The summed E-state index contributed by atoms with van der Waals surface area (Å²) >= 11 is 0. The number of alkyl halides is 3. The first-order valence-corrected chi connectivity index (χ1v) is 8.69. The van der Waals surface area contributed by atoms with Gasteiger partial charge in [0.2, 0.25) is 5.91 Å². The van der Waals surface area contributed by atoms with Gasteiger partial charge in [-0.05, 0) is 25.0 Å². The van der Waals surface area contributed by atoms with Crippen molar-refractivity contribution < 1.29 is 22.5 Å². The minimum Gasteiger partial charge on any atom is -0.356 e. The van der Waals surface area contributed by atoms with Crippen molar-refractivity contribution in [2.24, 2.45) is 0 Å². The molecule has 0 radical (unpaired) electrons. The SMILES string of the molecule is O=C(NCCc1noc2ccccc12)C1CCCn2cc(C(F)(F)F)nc21. The highest BCUT2D eigenvalue weighted by Crippen LogP contribution is 2.33. The molecule has 6 nitrogen and oxygen atoms in total. The molecule has 9 heteroatoms. The lowest BCUT2D eigenvalue weighted by Gasteiger charge is -2.22. The van der Waals surface area contributed by atoms with Crippen LogP contribution < -0.4 is 5.32 Å². The minimum absolute atomic E-state index is 0.179. The number of halogens is 3. The molecule has 3 heterocycles. The number of hydrogen-bond acceptors (Lipinski definition) is 4. The highest BCUT2D eigenvalue weighted by atomic mass is 19.4. The van der Waals surface area contributed by atoms with Crippen LogP contribution in [0, 0.1) is 0 Å². The Bertz CT molecular complexity index is 977. The molecule has 1 aliphatic rings. The van der Waals surface area contributed by atoms with E-state index in [0.29, 0.717) is 37.9 Å². The summed E-state index contributed by atoms with van der Waals surface area (Å²) in [7, 11) is 0. The molecule has 1 N–H and O–H groups in total. The van der Waals surface area contributed by atoms with Crippen LogP contribution in [-0.4, -0.2) is 27.2 Å². The highest BCUT2D eigenvalue weighted by Gasteiger charge is 2.38. The smallest absolute Gasteiger partial charge is 0.356 e. The van der Waals surface area contributed by atoms with Crippen LogP contribution in [0.1, 0.15) is 36.0 Å². The fraction of sp³-hybridized carbons (Fsp3) is 0.389. The quantitative estimate of drug-likeness (QED) is 0.756. The maximum Gasteiger partial charge on any atom is 0.434 e. The summed E-state index contributed by atoms with van der Waals surface area (Å²) < 4.78 is 45.3. The number of benzene rings is 1. The Morgan fingerprint density at radius 2 is 2.15 bits per heavy atom. The lowest BCUT2D eigenvalue weighted by molar-refractivity contribution is -0.141. The van der Waals surface area contributed by atoms with Gasteiger partial charge in [0.15, 0.2) is 11.3 Å². The van der Waals surface area contributed by atoms with Gasteiger partial charge in [-0.15, -0.1) is 0 Å². The van der Waals surface area contributed by atoms with Crippen LogP contribution in [0.25, 0.3) is 11.0 Å². The van der Waals surface area contributed by atoms with Gasteiger partial charge in [-0.1, -0.05) is 17.3 Å². The molecular formula is C18H17F3N4O2. The zero-order valence-corrected chi connectivity index (χ0v) is 14.3. The van der Waals surface area contributed by atoms with Crippen molar-refractivity contribution >= 4 is 16.9 Å². The zero-order chi connectivity index (χ0) is 19.0. The molecule has 27 heavy (non-hydrogen) atoms. The number of para-hydroxylation sites is 1. The van der Waals surface area contributed by atoms with E-state index in [1.807, 2.05) is 24.3 Å².